The van der Waals surface area contributed by atoms with Gasteiger partial charge in [-0.1, -0.05) is 37.5 Å². The van der Waals surface area contributed by atoms with Gasteiger partial charge in [-0.15, -0.1) is 0 Å². The first-order valence-electron chi connectivity index (χ1n) is 11.5. The van der Waals surface area contributed by atoms with Crippen molar-refractivity contribution in [3.63, 3.8) is 0 Å². The number of carbonyl (C=O) groups is 2. The van der Waals surface area contributed by atoms with Gasteiger partial charge in [0.1, 0.15) is 0 Å². The second-order valence-corrected chi connectivity index (χ2v) is 9.41. The number of nitrogens with zero attached hydrogens (tertiary/aromatic N) is 2. The molecule has 3 aliphatic rings. The van der Waals surface area contributed by atoms with Crippen LogP contribution in [0, 0.1) is 17.8 Å². The Morgan fingerprint density at radius 3 is 2.34 bits per heavy atom. The van der Waals surface area contributed by atoms with Crippen LogP contribution in [0.4, 0.5) is 0 Å². The van der Waals surface area contributed by atoms with Crippen LogP contribution in [0.5, 0.6) is 0 Å². The number of fused-ring (bicyclic) bond motifs is 1. The summed E-state index contributed by atoms with van der Waals surface area (Å²) < 4.78 is 0. The minimum atomic E-state index is -0.339. The second-order valence-electron chi connectivity index (χ2n) is 9.41. The largest absolute Gasteiger partial charge is 0.366 e. The fourth-order valence-corrected chi connectivity index (χ4v) is 5.72. The molecule has 2 aliphatic heterocycles. The van der Waals surface area contributed by atoms with Crippen LogP contribution in [0.2, 0.25) is 0 Å². The molecule has 4 rings (SSSR count). The summed E-state index contributed by atoms with van der Waals surface area (Å²) >= 11 is 0. The average Bonchev–Trinajstić information content (AvgIpc) is 3.28. The van der Waals surface area contributed by atoms with Crippen molar-refractivity contribution in [3.8, 4) is 0 Å². The van der Waals surface area contributed by atoms with Gasteiger partial charge in [-0.25, -0.2) is 0 Å². The van der Waals surface area contributed by atoms with E-state index in [1.807, 2.05) is 24.3 Å². The van der Waals surface area contributed by atoms with E-state index < -0.39 is 0 Å². The molecular formula is C24H35N3O2. The van der Waals surface area contributed by atoms with Crippen LogP contribution in [0.1, 0.15) is 60.9 Å². The highest BCUT2D eigenvalue weighted by Gasteiger charge is 2.41. The van der Waals surface area contributed by atoms with Gasteiger partial charge in [-0.2, -0.15) is 0 Å². The van der Waals surface area contributed by atoms with E-state index in [0.717, 1.165) is 57.5 Å². The lowest BCUT2D eigenvalue weighted by atomic mass is 9.87. The van der Waals surface area contributed by atoms with Crippen molar-refractivity contribution >= 4 is 11.8 Å². The number of aryl methyl sites for hydroxylation is 1. The molecule has 0 radical (unpaired) electrons. The maximum Gasteiger partial charge on any atom is 0.248 e. The van der Waals surface area contributed by atoms with Crippen LogP contribution in [0.15, 0.2) is 24.3 Å². The maximum atomic E-state index is 12.7. The van der Waals surface area contributed by atoms with Crippen molar-refractivity contribution in [3.05, 3.63) is 35.4 Å². The van der Waals surface area contributed by atoms with Crippen LogP contribution in [-0.2, 0) is 11.2 Å². The van der Waals surface area contributed by atoms with Gasteiger partial charge in [-0.05, 0) is 61.6 Å². The van der Waals surface area contributed by atoms with Crippen molar-refractivity contribution < 1.29 is 9.59 Å². The first kappa shape index (κ1) is 20.4. The Morgan fingerprint density at radius 2 is 1.66 bits per heavy atom. The van der Waals surface area contributed by atoms with Gasteiger partial charge in [0, 0.05) is 38.2 Å². The molecule has 0 bridgehead atoms. The molecule has 2 amide bonds. The molecule has 29 heavy (non-hydrogen) atoms. The third-order valence-corrected chi connectivity index (χ3v) is 7.31. The number of amides is 2. The lowest BCUT2D eigenvalue weighted by molar-refractivity contribution is -0.131. The Labute approximate surface area is 174 Å². The Balaban J connectivity index is 1.19. The normalized spacial score (nSPS) is 25.3. The lowest BCUT2D eigenvalue weighted by Crippen LogP contribution is -2.34. The summed E-state index contributed by atoms with van der Waals surface area (Å²) in [5.41, 5.74) is 7.19. The predicted octanol–water partition coefficient (Wildman–Crippen LogP) is 3.08. The molecule has 2 N–H and O–H groups in total. The standard InChI is InChI=1S/C24H35N3O2/c25-24(29)22-11-5-4-9-19(22)10-6-12-26-14-20-16-27(17-21(20)15-26)23(28)13-18-7-2-1-3-8-18/h4-5,9,11,18,20-21H,1-3,6-8,10,12-17H2,(H2,25,29)/t20-,21?/m0/s1. The van der Waals surface area contributed by atoms with E-state index in [2.05, 4.69) is 9.80 Å². The molecule has 0 spiro atoms. The molecule has 158 valence electrons. The predicted molar refractivity (Wildman–Crippen MR) is 114 cm³/mol. The summed E-state index contributed by atoms with van der Waals surface area (Å²) in [5, 5.41) is 0. The van der Waals surface area contributed by atoms with E-state index in [1.54, 1.807) is 0 Å². The van der Waals surface area contributed by atoms with Gasteiger partial charge in [0.25, 0.3) is 0 Å². The Bertz CT molecular complexity index is 715. The van der Waals surface area contributed by atoms with E-state index >= 15 is 0 Å². The third kappa shape index (κ3) is 5.00. The minimum absolute atomic E-state index is 0.339. The van der Waals surface area contributed by atoms with Gasteiger partial charge in [0.05, 0.1) is 0 Å². The molecule has 1 unspecified atom stereocenters. The van der Waals surface area contributed by atoms with Crippen LogP contribution < -0.4 is 5.73 Å². The summed E-state index contributed by atoms with van der Waals surface area (Å²) in [6, 6.07) is 7.67. The molecule has 1 aromatic rings. The summed E-state index contributed by atoms with van der Waals surface area (Å²) in [7, 11) is 0. The van der Waals surface area contributed by atoms with Crippen molar-refractivity contribution in [2.45, 2.75) is 51.4 Å². The zero-order valence-electron chi connectivity index (χ0n) is 17.5. The Morgan fingerprint density at radius 1 is 0.966 bits per heavy atom. The van der Waals surface area contributed by atoms with Crippen LogP contribution in [0.25, 0.3) is 0 Å². The number of likely N-dealkylation sites (tertiary alicyclic amines) is 2. The number of primary amides is 1. The van der Waals surface area contributed by atoms with Gasteiger partial charge < -0.3 is 15.5 Å². The average molecular weight is 398 g/mol. The molecule has 5 heteroatoms. The topological polar surface area (TPSA) is 66.6 Å². The van der Waals surface area contributed by atoms with Gasteiger partial charge in [0.2, 0.25) is 11.8 Å². The van der Waals surface area contributed by atoms with E-state index in [4.69, 9.17) is 5.73 Å². The van der Waals surface area contributed by atoms with Gasteiger partial charge in [0.15, 0.2) is 0 Å². The Kier molecular flexibility index (Phi) is 6.53. The first-order valence-corrected chi connectivity index (χ1v) is 11.5. The number of hydrogen-bond acceptors (Lipinski definition) is 3. The molecule has 5 nitrogen and oxygen atoms in total. The lowest BCUT2D eigenvalue weighted by Gasteiger charge is -2.25. The molecule has 2 atom stereocenters. The molecule has 0 aromatic heterocycles. The first-order chi connectivity index (χ1) is 14.1. The number of hydrogen-bond donors (Lipinski definition) is 1. The van der Waals surface area contributed by atoms with Crippen molar-refractivity contribution in [2.75, 3.05) is 32.7 Å². The molecule has 1 aromatic carbocycles. The minimum Gasteiger partial charge on any atom is -0.366 e. The SMILES string of the molecule is NC(=O)c1ccccc1CCCN1CC2CN(C(=O)CC3CCCCC3)C[C@@H]2C1. The fraction of sp³-hybridized carbons (Fsp3) is 0.667. The van der Waals surface area contributed by atoms with Gasteiger partial charge >= 0.3 is 0 Å². The summed E-state index contributed by atoms with van der Waals surface area (Å²) in [5.74, 6) is 1.98. The third-order valence-electron chi connectivity index (χ3n) is 7.31. The quantitative estimate of drug-likeness (QED) is 0.769. The molecule has 1 saturated carbocycles. The zero-order valence-corrected chi connectivity index (χ0v) is 17.5. The van der Waals surface area contributed by atoms with Crippen molar-refractivity contribution in [1.82, 2.24) is 9.80 Å². The molecule has 2 saturated heterocycles. The summed E-state index contributed by atoms with van der Waals surface area (Å²) in [6.07, 6.45) is 9.16. The number of benzene rings is 1. The van der Waals surface area contributed by atoms with Crippen LogP contribution >= 0.6 is 0 Å². The smallest absolute Gasteiger partial charge is 0.248 e. The Hall–Kier alpha value is -1.88. The highest BCUT2D eigenvalue weighted by Crippen LogP contribution is 2.33. The molecule has 2 heterocycles. The highest BCUT2D eigenvalue weighted by atomic mass is 16.2. The monoisotopic (exact) mass is 397 g/mol. The molecule has 1 aliphatic carbocycles. The number of rotatable bonds is 7. The highest BCUT2D eigenvalue weighted by molar-refractivity contribution is 5.94. The van der Waals surface area contributed by atoms with E-state index in [1.165, 1.54) is 32.1 Å². The summed E-state index contributed by atoms with van der Waals surface area (Å²) in [4.78, 5) is 29.0. The maximum absolute atomic E-state index is 12.7. The van der Waals surface area contributed by atoms with Crippen molar-refractivity contribution in [2.24, 2.45) is 23.5 Å². The summed E-state index contributed by atoms with van der Waals surface area (Å²) in [6.45, 7) is 5.18. The zero-order chi connectivity index (χ0) is 20.2. The molecular weight excluding hydrogens is 362 g/mol. The fourth-order valence-electron chi connectivity index (χ4n) is 5.72. The van der Waals surface area contributed by atoms with E-state index in [9.17, 15) is 9.59 Å². The van der Waals surface area contributed by atoms with E-state index in [0.29, 0.717) is 29.2 Å². The number of nitrogens with two attached hydrogens (primary N) is 1. The van der Waals surface area contributed by atoms with Crippen molar-refractivity contribution in [1.29, 1.82) is 0 Å². The molecule has 3 fully saturated rings. The van der Waals surface area contributed by atoms with Crippen LogP contribution in [-0.4, -0.2) is 54.3 Å². The van der Waals surface area contributed by atoms with Crippen LogP contribution in [0.3, 0.4) is 0 Å². The number of carbonyl (C=O) groups excluding carboxylic acids is 2. The second kappa shape index (κ2) is 9.29. The van der Waals surface area contributed by atoms with Gasteiger partial charge in [-0.3, -0.25) is 9.59 Å². The van der Waals surface area contributed by atoms with E-state index in [-0.39, 0.29) is 5.91 Å².